The summed E-state index contributed by atoms with van der Waals surface area (Å²) in [6.45, 7) is 4.74. The standard InChI is InChI=1S/C21H31F4NO2/c1-15(2)18-9-8-17(22)14-19(18)28-13-12-27-11-10-26-20(21(23,24)25)16-6-4-3-5-7-16/h8-9,14-16,20,26H,3-7,10-13H2,1-2H3. The second-order valence-electron chi connectivity index (χ2n) is 7.67. The second kappa shape index (κ2) is 11.0. The van der Waals surface area contributed by atoms with Crippen LogP contribution in [0.25, 0.3) is 0 Å². The molecule has 160 valence electrons. The SMILES string of the molecule is CC(C)c1ccc(F)cc1OCCOCCNC(C1CCCCC1)C(F)(F)F. The molecule has 0 spiro atoms. The number of ether oxygens (including phenoxy) is 2. The van der Waals surface area contributed by atoms with E-state index in [-0.39, 0.29) is 44.0 Å². The molecule has 1 N–H and O–H groups in total. The molecular formula is C21H31F4NO2. The van der Waals surface area contributed by atoms with Crippen LogP contribution in [-0.2, 0) is 4.74 Å². The van der Waals surface area contributed by atoms with E-state index >= 15 is 0 Å². The van der Waals surface area contributed by atoms with Gasteiger partial charge in [-0.05, 0) is 36.3 Å². The molecule has 28 heavy (non-hydrogen) atoms. The molecule has 2 rings (SSSR count). The van der Waals surface area contributed by atoms with E-state index in [2.05, 4.69) is 5.32 Å². The van der Waals surface area contributed by atoms with E-state index in [1.807, 2.05) is 13.8 Å². The highest BCUT2D eigenvalue weighted by Gasteiger charge is 2.44. The van der Waals surface area contributed by atoms with Crippen LogP contribution in [0.1, 0.15) is 57.4 Å². The first-order valence-corrected chi connectivity index (χ1v) is 10.1. The number of benzene rings is 1. The van der Waals surface area contributed by atoms with Crippen molar-refractivity contribution in [3.63, 3.8) is 0 Å². The summed E-state index contributed by atoms with van der Waals surface area (Å²) in [5, 5.41) is 2.63. The van der Waals surface area contributed by atoms with Crippen molar-refractivity contribution in [2.45, 2.75) is 64.1 Å². The number of nitrogens with one attached hydrogen (secondary N) is 1. The van der Waals surface area contributed by atoms with Crippen LogP contribution in [0, 0.1) is 11.7 Å². The van der Waals surface area contributed by atoms with Crippen LogP contribution >= 0.6 is 0 Å². The highest BCUT2D eigenvalue weighted by atomic mass is 19.4. The smallest absolute Gasteiger partial charge is 0.404 e. The highest BCUT2D eigenvalue weighted by molar-refractivity contribution is 5.36. The van der Waals surface area contributed by atoms with Gasteiger partial charge < -0.3 is 14.8 Å². The number of halogens is 4. The van der Waals surface area contributed by atoms with Crippen LogP contribution in [0.4, 0.5) is 17.6 Å². The number of hydrogen-bond donors (Lipinski definition) is 1. The van der Waals surface area contributed by atoms with Crippen LogP contribution < -0.4 is 10.1 Å². The number of hydrogen-bond acceptors (Lipinski definition) is 3. The van der Waals surface area contributed by atoms with E-state index in [0.29, 0.717) is 18.6 Å². The van der Waals surface area contributed by atoms with Crippen molar-refractivity contribution in [1.82, 2.24) is 5.32 Å². The molecule has 1 unspecified atom stereocenters. The third kappa shape index (κ3) is 7.24. The fourth-order valence-corrected chi connectivity index (χ4v) is 3.73. The van der Waals surface area contributed by atoms with Crippen molar-refractivity contribution >= 4 is 0 Å². The lowest BCUT2D eigenvalue weighted by molar-refractivity contribution is -0.170. The minimum Gasteiger partial charge on any atom is -0.491 e. The van der Waals surface area contributed by atoms with Crippen LogP contribution in [0.3, 0.4) is 0 Å². The lowest BCUT2D eigenvalue weighted by Gasteiger charge is -2.32. The van der Waals surface area contributed by atoms with Gasteiger partial charge in [-0.15, -0.1) is 0 Å². The maximum Gasteiger partial charge on any atom is 0.404 e. The third-order valence-corrected chi connectivity index (χ3v) is 5.17. The summed E-state index contributed by atoms with van der Waals surface area (Å²) in [4.78, 5) is 0. The van der Waals surface area contributed by atoms with Crippen molar-refractivity contribution in [1.29, 1.82) is 0 Å². The Bertz CT molecular complexity index is 586. The van der Waals surface area contributed by atoms with Crippen molar-refractivity contribution in [2.24, 2.45) is 5.92 Å². The Morgan fingerprint density at radius 1 is 1.07 bits per heavy atom. The van der Waals surface area contributed by atoms with Crippen LogP contribution in [0.2, 0.25) is 0 Å². The van der Waals surface area contributed by atoms with Crippen molar-refractivity contribution in [3.05, 3.63) is 29.6 Å². The van der Waals surface area contributed by atoms with Gasteiger partial charge in [0.15, 0.2) is 0 Å². The fraction of sp³-hybridized carbons (Fsp3) is 0.714. The van der Waals surface area contributed by atoms with E-state index < -0.39 is 12.2 Å². The quantitative estimate of drug-likeness (QED) is 0.415. The normalized spacial score (nSPS) is 17.1. The topological polar surface area (TPSA) is 30.5 Å². The van der Waals surface area contributed by atoms with Gasteiger partial charge in [0.1, 0.15) is 24.2 Å². The number of rotatable bonds is 10. The largest absolute Gasteiger partial charge is 0.491 e. The maximum absolute atomic E-state index is 13.4. The summed E-state index contributed by atoms with van der Waals surface area (Å²) in [7, 11) is 0. The zero-order valence-electron chi connectivity index (χ0n) is 16.7. The third-order valence-electron chi connectivity index (χ3n) is 5.17. The van der Waals surface area contributed by atoms with E-state index in [1.54, 1.807) is 6.07 Å². The predicted molar refractivity (Wildman–Crippen MR) is 101 cm³/mol. The minimum absolute atomic E-state index is 0.137. The molecule has 3 nitrogen and oxygen atoms in total. The molecule has 0 saturated heterocycles. The first-order chi connectivity index (χ1) is 13.3. The zero-order valence-corrected chi connectivity index (χ0v) is 16.7. The molecule has 1 aliphatic carbocycles. The molecule has 1 fully saturated rings. The Kier molecular flexibility index (Phi) is 9.02. The molecular weight excluding hydrogens is 374 g/mol. The summed E-state index contributed by atoms with van der Waals surface area (Å²) < 4.78 is 64.3. The molecule has 0 aliphatic heterocycles. The van der Waals surface area contributed by atoms with Gasteiger partial charge in [-0.25, -0.2) is 4.39 Å². The van der Waals surface area contributed by atoms with Crippen molar-refractivity contribution in [2.75, 3.05) is 26.4 Å². The zero-order chi connectivity index (χ0) is 20.6. The first kappa shape index (κ1) is 22.9. The molecule has 0 radical (unpaired) electrons. The van der Waals surface area contributed by atoms with E-state index in [0.717, 1.165) is 24.8 Å². The van der Waals surface area contributed by atoms with Crippen molar-refractivity contribution < 1.29 is 27.0 Å². The van der Waals surface area contributed by atoms with E-state index in [4.69, 9.17) is 9.47 Å². The van der Waals surface area contributed by atoms with Gasteiger partial charge in [-0.1, -0.05) is 39.2 Å². The predicted octanol–water partition coefficient (Wildman–Crippen LogP) is 5.45. The van der Waals surface area contributed by atoms with Gasteiger partial charge in [0.2, 0.25) is 0 Å². The Hall–Kier alpha value is -1.34. The van der Waals surface area contributed by atoms with Gasteiger partial charge in [-0.3, -0.25) is 0 Å². The van der Waals surface area contributed by atoms with Crippen LogP contribution in [0.5, 0.6) is 5.75 Å². The Morgan fingerprint density at radius 3 is 2.43 bits per heavy atom. The lowest BCUT2D eigenvalue weighted by Crippen LogP contribution is -2.49. The molecule has 1 aromatic rings. The molecule has 1 aliphatic rings. The second-order valence-corrected chi connectivity index (χ2v) is 7.67. The Labute approximate surface area is 164 Å². The van der Waals surface area contributed by atoms with E-state index in [1.165, 1.54) is 12.1 Å². The molecule has 1 aromatic carbocycles. The lowest BCUT2D eigenvalue weighted by atomic mass is 9.83. The summed E-state index contributed by atoms with van der Waals surface area (Å²) in [6.07, 6.45) is -0.240. The van der Waals surface area contributed by atoms with Gasteiger partial charge in [0.25, 0.3) is 0 Å². The van der Waals surface area contributed by atoms with E-state index in [9.17, 15) is 17.6 Å². The van der Waals surface area contributed by atoms with Crippen molar-refractivity contribution in [3.8, 4) is 5.75 Å². The average Bonchev–Trinajstić information content (AvgIpc) is 2.63. The van der Waals surface area contributed by atoms with Gasteiger partial charge in [0.05, 0.1) is 13.2 Å². The van der Waals surface area contributed by atoms with Crippen LogP contribution in [-0.4, -0.2) is 38.6 Å². The summed E-state index contributed by atoms with van der Waals surface area (Å²) in [6, 6.07) is 2.97. The maximum atomic E-state index is 13.4. The average molecular weight is 405 g/mol. The van der Waals surface area contributed by atoms with Gasteiger partial charge in [0, 0.05) is 12.6 Å². The van der Waals surface area contributed by atoms with Gasteiger partial charge in [-0.2, -0.15) is 13.2 Å². The first-order valence-electron chi connectivity index (χ1n) is 10.1. The molecule has 1 saturated carbocycles. The fourth-order valence-electron chi connectivity index (χ4n) is 3.73. The number of alkyl halides is 3. The molecule has 0 heterocycles. The highest BCUT2D eigenvalue weighted by Crippen LogP contribution is 2.34. The molecule has 0 aromatic heterocycles. The molecule has 7 heteroatoms. The molecule has 0 bridgehead atoms. The monoisotopic (exact) mass is 405 g/mol. The minimum atomic E-state index is -4.24. The summed E-state index contributed by atoms with van der Waals surface area (Å²) in [5.41, 5.74) is 0.906. The Balaban J connectivity index is 1.69. The van der Waals surface area contributed by atoms with Gasteiger partial charge >= 0.3 is 6.18 Å². The van der Waals surface area contributed by atoms with Crippen LogP contribution in [0.15, 0.2) is 18.2 Å². The molecule has 0 amide bonds. The molecule has 1 atom stereocenters. The summed E-state index contributed by atoms with van der Waals surface area (Å²) >= 11 is 0. The summed E-state index contributed by atoms with van der Waals surface area (Å²) in [5.74, 6) is -0.0455. The Morgan fingerprint density at radius 2 is 1.79 bits per heavy atom.